The Bertz CT molecular complexity index is 1210. The number of hydrogen-bond donors (Lipinski definition) is 0. The molecular weight excluding hydrogens is 446 g/mol. The van der Waals surface area contributed by atoms with E-state index in [1.807, 2.05) is 20.8 Å². The van der Waals surface area contributed by atoms with Crippen LogP contribution in [0, 0.1) is 23.0 Å². The highest BCUT2D eigenvalue weighted by Gasteiger charge is 2.29. The zero-order chi connectivity index (χ0) is 25.1. The van der Waals surface area contributed by atoms with Gasteiger partial charge in [-0.1, -0.05) is 26.3 Å². The zero-order valence-electron chi connectivity index (χ0n) is 20.1. The van der Waals surface area contributed by atoms with E-state index in [9.17, 15) is 23.3 Å². The van der Waals surface area contributed by atoms with Crippen LogP contribution in [0.5, 0.6) is 5.88 Å². The summed E-state index contributed by atoms with van der Waals surface area (Å²) >= 11 is 0. The van der Waals surface area contributed by atoms with Crippen LogP contribution in [0.1, 0.15) is 75.0 Å². The van der Waals surface area contributed by atoms with Crippen molar-refractivity contribution >= 4 is 27.2 Å². The molecule has 0 aliphatic rings. The summed E-state index contributed by atoms with van der Waals surface area (Å²) in [5.41, 5.74) is 2.51. The molecule has 0 saturated carbocycles. The number of hydrogen-bond acceptors (Lipinski definition) is 7. The summed E-state index contributed by atoms with van der Waals surface area (Å²) in [5.74, 6) is -1.02. The minimum Gasteiger partial charge on any atom is -0.361 e. The summed E-state index contributed by atoms with van der Waals surface area (Å²) in [6.45, 7) is 12.9. The van der Waals surface area contributed by atoms with Crippen molar-refractivity contribution in [2.24, 2.45) is 5.92 Å². The molecular formula is C23H31N3O6S. The fourth-order valence-electron chi connectivity index (χ4n) is 3.52. The van der Waals surface area contributed by atoms with Gasteiger partial charge in [0.1, 0.15) is 5.56 Å². The summed E-state index contributed by atoms with van der Waals surface area (Å²) in [5, 5.41) is 15.8. The Hall–Kier alpha value is -3.01. The molecule has 10 heteroatoms. The molecule has 1 aromatic heterocycles. The van der Waals surface area contributed by atoms with E-state index in [1.165, 1.54) is 23.0 Å². The molecule has 1 aromatic carbocycles. The van der Waals surface area contributed by atoms with Crippen LogP contribution in [0.25, 0.3) is 5.57 Å². The van der Waals surface area contributed by atoms with Crippen LogP contribution >= 0.6 is 0 Å². The van der Waals surface area contributed by atoms with Gasteiger partial charge in [0.15, 0.2) is 5.78 Å². The van der Waals surface area contributed by atoms with Crippen LogP contribution in [-0.4, -0.2) is 34.7 Å². The molecule has 2 rings (SSSR count). The Kier molecular flexibility index (Phi) is 8.18. The Morgan fingerprint density at radius 3 is 2.36 bits per heavy atom. The number of allylic oxidation sites excluding steroid dienone is 2. The topological polar surface area (TPSA) is 121 Å². The number of carbonyl (C=O) groups is 1. The smallest absolute Gasteiger partial charge is 0.310 e. The second-order valence-electron chi connectivity index (χ2n) is 8.63. The van der Waals surface area contributed by atoms with Crippen LogP contribution in [-0.2, 0) is 16.7 Å². The lowest BCUT2D eigenvalue weighted by Gasteiger charge is -2.14. The van der Waals surface area contributed by atoms with Crippen molar-refractivity contribution in [2.45, 2.75) is 61.4 Å². The highest BCUT2D eigenvalue weighted by Crippen LogP contribution is 2.35. The Labute approximate surface area is 194 Å². The minimum atomic E-state index is -3.95. The number of nitrogens with zero attached hydrogens (tertiary/aromatic N) is 3. The molecule has 9 nitrogen and oxygen atoms in total. The number of nitro benzene ring substituents is 1. The highest BCUT2D eigenvalue weighted by molar-refractivity contribution is 7.87. The van der Waals surface area contributed by atoms with Crippen LogP contribution in [0.2, 0.25) is 0 Å². The van der Waals surface area contributed by atoms with Crippen LogP contribution < -0.4 is 4.18 Å². The summed E-state index contributed by atoms with van der Waals surface area (Å²) in [4.78, 5) is 24.7. The molecule has 1 heterocycles. The zero-order valence-corrected chi connectivity index (χ0v) is 20.9. The molecule has 2 aromatic rings. The van der Waals surface area contributed by atoms with Crippen molar-refractivity contribution in [1.82, 2.24) is 9.78 Å². The lowest BCUT2D eigenvalue weighted by molar-refractivity contribution is -0.385. The van der Waals surface area contributed by atoms with Gasteiger partial charge in [0.05, 0.1) is 22.4 Å². The molecule has 0 aliphatic carbocycles. The first-order valence-corrected chi connectivity index (χ1v) is 12.3. The maximum atomic E-state index is 13.5. The Balaban J connectivity index is 2.68. The summed E-state index contributed by atoms with van der Waals surface area (Å²) in [6, 6.07) is 2.69. The molecule has 0 spiro atoms. The van der Waals surface area contributed by atoms with Gasteiger partial charge in [-0.25, -0.2) is 4.68 Å². The molecule has 180 valence electrons. The average Bonchev–Trinajstić information content (AvgIpc) is 3.07. The van der Waals surface area contributed by atoms with E-state index in [0.29, 0.717) is 29.7 Å². The van der Waals surface area contributed by atoms with Gasteiger partial charge in [0.2, 0.25) is 5.88 Å². The molecule has 0 unspecified atom stereocenters. The van der Waals surface area contributed by atoms with Crippen LogP contribution in [0.4, 0.5) is 5.69 Å². The largest absolute Gasteiger partial charge is 0.361 e. The lowest BCUT2D eigenvalue weighted by Crippen LogP contribution is -2.21. The van der Waals surface area contributed by atoms with Gasteiger partial charge in [-0.05, 0) is 57.2 Å². The highest BCUT2D eigenvalue weighted by atomic mass is 32.2. The summed E-state index contributed by atoms with van der Waals surface area (Å²) in [7, 11) is -3.95. The van der Waals surface area contributed by atoms with Crippen molar-refractivity contribution in [3.05, 3.63) is 56.3 Å². The Morgan fingerprint density at radius 2 is 1.85 bits per heavy atom. The lowest BCUT2D eigenvalue weighted by atomic mass is 9.90. The number of aryl methyl sites for hydroxylation is 1. The SMILES string of the molecule is CCCn1ncc(C(=O)c2ccc([N+](=O)[O-])c(C(C)=C(C)C)c2C)c1OS(=O)(=O)CC(C)C. The maximum absolute atomic E-state index is 13.5. The molecule has 0 radical (unpaired) electrons. The van der Waals surface area contributed by atoms with Gasteiger partial charge in [0.25, 0.3) is 5.69 Å². The second kappa shape index (κ2) is 10.3. The average molecular weight is 478 g/mol. The third-order valence-electron chi connectivity index (χ3n) is 5.22. The molecule has 0 fully saturated rings. The first-order chi connectivity index (χ1) is 15.3. The molecule has 0 atom stereocenters. The second-order valence-corrected chi connectivity index (χ2v) is 10.2. The normalized spacial score (nSPS) is 11.5. The first-order valence-electron chi connectivity index (χ1n) is 10.8. The van der Waals surface area contributed by atoms with Crippen molar-refractivity contribution in [2.75, 3.05) is 5.75 Å². The van der Waals surface area contributed by atoms with Crippen LogP contribution in [0.15, 0.2) is 23.9 Å². The van der Waals surface area contributed by atoms with Gasteiger partial charge in [-0.2, -0.15) is 13.5 Å². The van der Waals surface area contributed by atoms with E-state index in [0.717, 1.165) is 5.57 Å². The monoisotopic (exact) mass is 477 g/mol. The predicted molar refractivity (Wildman–Crippen MR) is 127 cm³/mol. The molecule has 0 saturated heterocycles. The molecule has 0 amide bonds. The van der Waals surface area contributed by atoms with Crippen molar-refractivity contribution in [3.8, 4) is 5.88 Å². The standard InChI is InChI=1S/C23H31N3O6S/c1-8-11-25-23(32-33(30,31)13-14(2)3)19(12-24-25)22(27)18-9-10-20(26(28)29)21(17(18)7)16(6)15(4)5/h9-10,12,14H,8,11,13H2,1-7H3. The number of ketones is 1. The minimum absolute atomic E-state index is 0.00598. The maximum Gasteiger partial charge on any atom is 0.310 e. The fraction of sp³-hybridized carbons (Fsp3) is 0.478. The molecule has 33 heavy (non-hydrogen) atoms. The van der Waals surface area contributed by atoms with E-state index in [-0.39, 0.29) is 34.4 Å². The van der Waals surface area contributed by atoms with Crippen molar-refractivity contribution in [1.29, 1.82) is 0 Å². The first kappa shape index (κ1) is 26.2. The van der Waals surface area contributed by atoms with E-state index < -0.39 is 20.8 Å². The fourth-order valence-corrected chi connectivity index (χ4v) is 4.82. The molecule has 0 aliphatic heterocycles. The number of nitro groups is 1. The molecule has 0 bridgehead atoms. The third kappa shape index (κ3) is 5.87. The van der Waals surface area contributed by atoms with Crippen molar-refractivity contribution < 1.29 is 22.3 Å². The van der Waals surface area contributed by atoms with Gasteiger partial charge >= 0.3 is 10.1 Å². The third-order valence-corrected chi connectivity index (χ3v) is 6.71. The van der Waals surface area contributed by atoms with E-state index in [1.54, 1.807) is 27.7 Å². The number of carbonyl (C=O) groups excluding carboxylic acids is 1. The number of benzene rings is 1. The number of rotatable bonds is 10. The van der Waals surface area contributed by atoms with Crippen LogP contribution in [0.3, 0.4) is 0 Å². The van der Waals surface area contributed by atoms with Gasteiger partial charge in [0, 0.05) is 18.2 Å². The van der Waals surface area contributed by atoms with Gasteiger partial charge < -0.3 is 4.18 Å². The van der Waals surface area contributed by atoms with E-state index in [2.05, 4.69) is 5.10 Å². The van der Waals surface area contributed by atoms with Gasteiger partial charge in [-0.15, -0.1) is 0 Å². The van der Waals surface area contributed by atoms with E-state index >= 15 is 0 Å². The Morgan fingerprint density at radius 1 is 1.21 bits per heavy atom. The predicted octanol–water partition coefficient (Wildman–Crippen LogP) is 4.92. The summed E-state index contributed by atoms with van der Waals surface area (Å²) < 4.78 is 31.8. The molecule has 0 N–H and O–H groups in total. The summed E-state index contributed by atoms with van der Waals surface area (Å²) in [6.07, 6.45) is 1.93. The number of aromatic nitrogens is 2. The van der Waals surface area contributed by atoms with Gasteiger partial charge in [-0.3, -0.25) is 14.9 Å². The van der Waals surface area contributed by atoms with E-state index in [4.69, 9.17) is 4.18 Å². The van der Waals surface area contributed by atoms with Crippen molar-refractivity contribution in [3.63, 3.8) is 0 Å². The quantitative estimate of drug-likeness (QED) is 0.206.